The number of piperidine rings is 1. The van der Waals surface area contributed by atoms with Gasteiger partial charge in [-0.25, -0.2) is 12.7 Å². The van der Waals surface area contributed by atoms with Gasteiger partial charge < -0.3 is 9.64 Å². The van der Waals surface area contributed by atoms with Crippen molar-refractivity contribution < 1.29 is 17.9 Å². The van der Waals surface area contributed by atoms with E-state index in [1.54, 1.807) is 16.3 Å². The number of ether oxygens (including phenoxy) is 1. The molecule has 7 heteroatoms. The number of rotatable bonds is 10. The standard InChI is InChI=1S/C30H36N2O4S/c1-25-11-9-14-27(19-25)22-37(34,35)32-18-10-17-30(23-32,24-36-28-15-7-4-8-16-28)20-29(33)31(2)21-26-12-5-3-6-13-26/h3-9,11-16,19H,10,17-18,20-24H2,1-2H3/t30-/m1/s1. The van der Waals surface area contributed by atoms with Gasteiger partial charge in [-0.1, -0.05) is 78.4 Å². The molecule has 6 nitrogen and oxygen atoms in total. The minimum Gasteiger partial charge on any atom is -0.493 e. The molecule has 0 saturated carbocycles. The van der Waals surface area contributed by atoms with Crippen LogP contribution in [0, 0.1) is 12.3 Å². The number of carbonyl (C=O) groups excluding carboxylic acids is 1. The smallest absolute Gasteiger partial charge is 0.223 e. The van der Waals surface area contributed by atoms with E-state index >= 15 is 0 Å². The van der Waals surface area contributed by atoms with E-state index in [0.717, 1.165) is 23.1 Å². The molecule has 0 N–H and O–H groups in total. The van der Waals surface area contributed by atoms with E-state index in [1.807, 2.05) is 91.9 Å². The monoisotopic (exact) mass is 520 g/mol. The second-order valence-electron chi connectivity index (χ2n) is 10.2. The molecule has 0 unspecified atom stereocenters. The van der Waals surface area contributed by atoms with E-state index < -0.39 is 15.4 Å². The van der Waals surface area contributed by atoms with E-state index in [4.69, 9.17) is 4.74 Å². The Hall–Kier alpha value is -3.16. The molecule has 3 aromatic rings. The lowest BCUT2D eigenvalue weighted by Gasteiger charge is -2.42. The van der Waals surface area contributed by atoms with Crippen molar-refractivity contribution in [3.63, 3.8) is 0 Å². The first-order chi connectivity index (χ1) is 17.7. The van der Waals surface area contributed by atoms with Crippen LogP contribution in [0.1, 0.15) is 36.0 Å². The SMILES string of the molecule is Cc1cccc(CS(=O)(=O)N2CCC[C@@](COc3ccccc3)(CC(=O)N(C)Cc3ccccc3)C2)c1. The highest BCUT2D eigenvalue weighted by Gasteiger charge is 2.42. The molecule has 1 heterocycles. The van der Waals surface area contributed by atoms with Crippen molar-refractivity contribution >= 4 is 15.9 Å². The second kappa shape index (κ2) is 11.9. The van der Waals surface area contributed by atoms with Crippen molar-refractivity contribution in [2.75, 3.05) is 26.7 Å². The third-order valence-electron chi connectivity index (χ3n) is 6.95. The van der Waals surface area contributed by atoms with Gasteiger partial charge in [0.15, 0.2) is 0 Å². The number of para-hydroxylation sites is 1. The Bertz CT molecular complexity index is 1280. The molecule has 0 bridgehead atoms. The van der Waals surface area contributed by atoms with Gasteiger partial charge in [0.2, 0.25) is 15.9 Å². The lowest BCUT2D eigenvalue weighted by atomic mass is 9.78. The number of benzene rings is 3. The number of aryl methyl sites for hydroxylation is 1. The Morgan fingerprint density at radius 2 is 1.65 bits per heavy atom. The normalized spacial score (nSPS) is 18.3. The van der Waals surface area contributed by atoms with Gasteiger partial charge in [0.05, 0.1) is 12.4 Å². The lowest BCUT2D eigenvalue weighted by molar-refractivity contribution is -0.134. The number of hydrogen-bond donors (Lipinski definition) is 0. The summed E-state index contributed by atoms with van der Waals surface area (Å²) in [6, 6.07) is 27.0. The third kappa shape index (κ3) is 7.43. The zero-order valence-corrected chi connectivity index (χ0v) is 22.5. The van der Waals surface area contributed by atoms with Crippen LogP contribution in [0.5, 0.6) is 5.75 Å². The van der Waals surface area contributed by atoms with Gasteiger partial charge in [0, 0.05) is 38.5 Å². The predicted molar refractivity (Wildman–Crippen MR) is 147 cm³/mol. The number of hydrogen-bond acceptors (Lipinski definition) is 4. The molecule has 196 valence electrons. The molecule has 1 atom stereocenters. The average molecular weight is 521 g/mol. The van der Waals surface area contributed by atoms with Crippen molar-refractivity contribution in [3.05, 3.63) is 102 Å². The Morgan fingerprint density at radius 3 is 2.35 bits per heavy atom. The first-order valence-corrected chi connectivity index (χ1v) is 14.3. The first-order valence-electron chi connectivity index (χ1n) is 12.7. The van der Waals surface area contributed by atoms with Crippen LogP contribution in [-0.2, 0) is 27.1 Å². The Kier molecular flexibility index (Phi) is 8.67. The fourth-order valence-corrected chi connectivity index (χ4v) is 6.63. The summed E-state index contributed by atoms with van der Waals surface area (Å²) < 4.78 is 34.7. The summed E-state index contributed by atoms with van der Waals surface area (Å²) in [6.45, 7) is 3.46. The van der Waals surface area contributed by atoms with E-state index in [2.05, 4.69) is 0 Å². The van der Waals surface area contributed by atoms with Gasteiger partial charge in [0.25, 0.3) is 0 Å². The van der Waals surface area contributed by atoms with Crippen LogP contribution < -0.4 is 4.74 Å². The van der Waals surface area contributed by atoms with Crippen LogP contribution in [-0.4, -0.2) is 50.3 Å². The zero-order chi connectivity index (χ0) is 26.3. The number of carbonyl (C=O) groups is 1. The highest BCUT2D eigenvalue weighted by Crippen LogP contribution is 2.37. The fourth-order valence-electron chi connectivity index (χ4n) is 4.97. The summed E-state index contributed by atoms with van der Waals surface area (Å²) in [5.41, 5.74) is 2.24. The quantitative estimate of drug-likeness (QED) is 0.376. The van der Waals surface area contributed by atoms with Crippen molar-refractivity contribution in [1.29, 1.82) is 0 Å². The highest BCUT2D eigenvalue weighted by atomic mass is 32.2. The topological polar surface area (TPSA) is 66.9 Å². The third-order valence-corrected chi connectivity index (χ3v) is 8.75. The van der Waals surface area contributed by atoms with E-state index in [-0.39, 0.29) is 31.2 Å². The average Bonchev–Trinajstić information content (AvgIpc) is 2.89. The molecule has 0 radical (unpaired) electrons. The van der Waals surface area contributed by atoms with E-state index in [1.165, 1.54) is 0 Å². The molecule has 0 aromatic heterocycles. The van der Waals surface area contributed by atoms with Crippen LogP contribution in [0.4, 0.5) is 0 Å². The fraction of sp³-hybridized carbons (Fsp3) is 0.367. The van der Waals surface area contributed by atoms with Crippen molar-refractivity contribution in [3.8, 4) is 5.75 Å². The van der Waals surface area contributed by atoms with Gasteiger partial charge in [-0.05, 0) is 43.0 Å². The minimum absolute atomic E-state index is 0.0153. The van der Waals surface area contributed by atoms with E-state index in [9.17, 15) is 13.2 Å². The maximum absolute atomic E-state index is 13.5. The molecule has 1 aliphatic heterocycles. The van der Waals surface area contributed by atoms with Crippen LogP contribution in [0.25, 0.3) is 0 Å². The zero-order valence-electron chi connectivity index (χ0n) is 21.7. The number of sulfonamides is 1. The Morgan fingerprint density at radius 1 is 0.973 bits per heavy atom. The summed E-state index contributed by atoms with van der Waals surface area (Å²) in [5.74, 6) is 0.650. The van der Waals surface area contributed by atoms with Crippen molar-refractivity contribution in [2.24, 2.45) is 5.41 Å². The summed E-state index contributed by atoms with van der Waals surface area (Å²) in [6.07, 6.45) is 1.63. The molecule has 1 amide bonds. The predicted octanol–water partition coefficient (Wildman–Crippen LogP) is 5.03. The van der Waals surface area contributed by atoms with Crippen LogP contribution in [0.15, 0.2) is 84.9 Å². The summed E-state index contributed by atoms with van der Waals surface area (Å²) >= 11 is 0. The molecule has 3 aromatic carbocycles. The molecule has 0 spiro atoms. The van der Waals surface area contributed by atoms with Crippen molar-refractivity contribution in [2.45, 2.75) is 38.5 Å². The van der Waals surface area contributed by atoms with Crippen LogP contribution >= 0.6 is 0 Å². The van der Waals surface area contributed by atoms with Gasteiger partial charge in [-0.2, -0.15) is 0 Å². The number of amides is 1. The Labute approximate surface area is 220 Å². The lowest BCUT2D eigenvalue weighted by Crippen LogP contribution is -2.50. The van der Waals surface area contributed by atoms with Gasteiger partial charge in [-0.15, -0.1) is 0 Å². The molecule has 0 aliphatic carbocycles. The maximum atomic E-state index is 13.5. The summed E-state index contributed by atoms with van der Waals surface area (Å²) in [4.78, 5) is 15.1. The van der Waals surface area contributed by atoms with Gasteiger partial charge >= 0.3 is 0 Å². The highest BCUT2D eigenvalue weighted by molar-refractivity contribution is 7.88. The molecule has 1 aliphatic rings. The Balaban J connectivity index is 1.53. The maximum Gasteiger partial charge on any atom is 0.223 e. The van der Waals surface area contributed by atoms with E-state index in [0.29, 0.717) is 25.3 Å². The molecule has 1 fully saturated rings. The summed E-state index contributed by atoms with van der Waals surface area (Å²) in [7, 11) is -1.76. The van der Waals surface area contributed by atoms with Crippen LogP contribution in [0.2, 0.25) is 0 Å². The molecular weight excluding hydrogens is 484 g/mol. The minimum atomic E-state index is -3.56. The number of nitrogens with zero attached hydrogens (tertiary/aromatic N) is 2. The molecule has 1 saturated heterocycles. The largest absolute Gasteiger partial charge is 0.493 e. The molecular formula is C30H36N2O4S. The van der Waals surface area contributed by atoms with Gasteiger partial charge in [0.1, 0.15) is 5.75 Å². The van der Waals surface area contributed by atoms with Crippen molar-refractivity contribution in [1.82, 2.24) is 9.21 Å². The second-order valence-corrected chi connectivity index (χ2v) is 12.2. The molecule has 37 heavy (non-hydrogen) atoms. The summed E-state index contributed by atoms with van der Waals surface area (Å²) in [5, 5.41) is 0. The van der Waals surface area contributed by atoms with Gasteiger partial charge in [-0.3, -0.25) is 4.79 Å². The first kappa shape index (κ1) is 26.9. The molecule has 4 rings (SSSR count). The van der Waals surface area contributed by atoms with Crippen LogP contribution in [0.3, 0.4) is 0 Å².